The number of benzene rings is 1. The molecule has 0 spiro atoms. The van der Waals surface area contributed by atoms with Crippen molar-refractivity contribution in [2.75, 3.05) is 18.5 Å². The molecule has 0 aliphatic carbocycles. The number of furan rings is 1. The summed E-state index contributed by atoms with van der Waals surface area (Å²) >= 11 is 9.55. The van der Waals surface area contributed by atoms with Crippen LogP contribution in [0.3, 0.4) is 0 Å². The Kier molecular flexibility index (Phi) is 3.81. The van der Waals surface area contributed by atoms with Crippen LogP contribution in [-0.4, -0.2) is 13.2 Å². The SMILES string of the molecule is CC(Nc1cc2c(cc1Cl)OCCO2)c1ccc(Br)o1. The molecule has 1 N–H and O–H groups in total. The summed E-state index contributed by atoms with van der Waals surface area (Å²) in [6, 6.07) is 7.38. The number of ether oxygens (including phenoxy) is 2. The van der Waals surface area contributed by atoms with Crippen LogP contribution in [0.15, 0.2) is 33.4 Å². The molecule has 106 valence electrons. The van der Waals surface area contributed by atoms with Crippen molar-refractivity contribution in [2.24, 2.45) is 0 Å². The van der Waals surface area contributed by atoms with Crippen LogP contribution in [-0.2, 0) is 0 Å². The third-order valence-electron chi connectivity index (χ3n) is 3.02. The van der Waals surface area contributed by atoms with Crippen molar-refractivity contribution >= 4 is 33.2 Å². The summed E-state index contributed by atoms with van der Waals surface area (Å²) in [6.45, 7) is 3.10. The number of nitrogens with one attached hydrogen (secondary N) is 1. The zero-order valence-corrected chi connectivity index (χ0v) is 13.1. The van der Waals surface area contributed by atoms with Crippen LogP contribution in [0.4, 0.5) is 5.69 Å². The Bertz CT molecular complexity index is 629. The van der Waals surface area contributed by atoms with E-state index in [4.69, 9.17) is 25.5 Å². The van der Waals surface area contributed by atoms with Crippen LogP contribution >= 0.6 is 27.5 Å². The molecular weight excluding hydrogens is 346 g/mol. The Morgan fingerprint density at radius 1 is 1.20 bits per heavy atom. The van der Waals surface area contributed by atoms with Gasteiger partial charge in [0.05, 0.1) is 16.8 Å². The van der Waals surface area contributed by atoms with Crippen LogP contribution in [0.25, 0.3) is 0 Å². The first kappa shape index (κ1) is 13.6. The van der Waals surface area contributed by atoms with Gasteiger partial charge in [0, 0.05) is 12.1 Å². The minimum atomic E-state index is -0.0126. The van der Waals surface area contributed by atoms with Crippen LogP contribution in [0, 0.1) is 0 Å². The first-order valence-electron chi connectivity index (χ1n) is 6.24. The Morgan fingerprint density at radius 2 is 1.90 bits per heavy atom. The van der Waals surface area contributed by atoms with Gasteiger partial charge >= 0.3 is 0 Å². The van der Waals surface area contributed by atoms with Gasteiger partial charge in [-0.25, -0.2) is 0 Å². The van der Waals surface area contributed by atoms with Crippen molar-refractivity contribution < 1.29 is 13.9 Å². The van der Waals surface area contributed by atoms with Crippen LogP contribution in [0.2, 0.25) is 5.02 Å². The Morgan fingerprint density at radius 3 is 2.55 bits per heavy atom. The highest BCUT2D eigenvalue weighted by atomic mass is 79.9. The Balaban J connectivity index is 1.83. The van der Waals surface area contributed by atoms with Gasteiger partial charge in [-0.1, -0.05) is 11.6 Å². The number of hydrogen-bond acceptors (Lipinski definition) is 4. The lowest BCUT2D eigenvalue weighted by Crippen LogP contribution is -2.16. The molecule has 6 heteroatoms. The quantitative estimate of drug-likeness (QED) is 0.868. The second-order valence-electron chi connectivity index (χ2n) is 4.48. The molecule has 1 atom stereocenters. The highest BCUT2D eigenvalue weighted by Gasteiger charge is 2.17. The maximum atomic E-state index is 6.26. The van der Waals surface area contributed by atoms with E-state index in [0.717, 1.165) is 11.4 Å². The van der Waals surface area contributed by atoms with E-state index in [1.165, 1.54) is 0 Å². The van der Waals surface area contributed by atoms with Crippen LogP contribution < -0.4 is 14.8 Å². The van der Waals surface area contributed by atoms with E-state index in [0.29, 0.717) is 34.4 Å². The smallest absolute Gasteiger partial charge is 0.169 e. The lowest BCUT2D eigenvalue weighted by Gasteiger charge is -2.21. The second kappa shape index (κ2) is 5.58. The van der Waals surface area contributed by atoms with E-state index in [2.05, 4.69) is 21.2 Å². The lowest BCUT2D eigenvalue weighted by atomic mass is 10.2. The molecule has 20 heavy (non-hydrogen) atoms. The van der Waals surface area contributed by atoms with E-state index < -0.39 is 0 Å². The van der Waals surface area contributed by atoms with Gasteiger partial charge < -0.3 is 19.2 Å². The highest BCUT2D eigenvalue weighted by Crippen LogP contribution is 2.39. The van der Waals surface area contributed by atoms with E-state index in [1.54, 1.807) is 6.07 Å². The van der Waals surface area contributed by atoms with Crippen molar-refractivity contribution in [3.05, 3.63) is 39.7 Å². The first-order valence-corrected chi connectivity index (χ1v) is 7.41. The average Bonchev–Trinajstić information content (AvgIpc) is 2.86. The maximum Gasteiger partial charge on any atom is 0.169 e. The molecule has 1 unspecified atom stereocenters. The van der Waals surface area contributed by atoms with Gasteiger partial charge in [0.1, 0.15) is 19.0 Å². The van der Waals surface area contributed by atoms with Gasteiger partial charge in [-0.15, -0.1) is 0 Å². The fraction of sp³-hybridized carbons (Fsp3) is 0.286. The molecular formula is C14H13BrClNO3. The number of fused-ring (bicyclic) bond motifs is 1. The lowest BCUT2D eigenvalue weighted by molar-refractivity contribution is 0.171. The summed E-state index contributed by atoms with van der Waals surface area (Å²) in [5.41, 5.74) is 0.788. The van der Waals surface area contributed by atoms with Gasteiger partial charge in [-0.05, 0) is 35.0 Å². The van der Waals surface area contributed by atoms with Gasteiger partial charge in [-0.3, -0.25) is 0 Å². The van der Waals surface area contributed by atoms with Gasteiger partial charge in [0.15, 0.2) is 16.2 Å². The topological polar surface area (TPSA) is 43.6 Å². The summed E-state index contributed by atoms with van der Waals surface area (Å²) in [4.78, 5) is 0. The molecule has 0 bridgehead atoms. The minimum Gasteiger partial charge on any atom is -0.486 e. The molecule has 0 saturated carbocycles. The van der Waals surface area contributed by atoms with Gasteiger partial charge in [0.25, 0.3) is 0 Å². The summed E-state index contributed by atoms with van der Waals surface area (Å²) in [6.07, 6.45) is 0. The van der Waals surface area contributed by atoms with Crippen molar-refractivity contribution in [3.8, 4) is 11.5 Å². The fourth-order valence-corrected chi connectivity index (χ4v) is 2.57. The summed E-state index contributed by atoms with van der Waals surface area (Å²) in [5.74, 6) is 2.21. The standard InChI is InChI=1S/C14H13BrClNO3/c1-8(11-2-3-14(15)20-11)17-10-7-13-12(6-9(10)16)18-4-5-19-13/h2-3,6-8,17H,4-5H2,1H3. The Labute approximate surface area is 130 Å². The van der Waals surface area contributed by atoms with Crippen LogP contribution in [0.5, 0.6) is 11.5 Å². The molecule has 1 aliphatic heterocycles. The summed E-state index contributed by atoms with van der Waals surface area (Å²) in [5, 5.41) is 3.90. The number of anilines is 1. The maximum absolute atomic E-state index is 6.26. The molecule has 0 amide bonds. The number of rotatable bonds is 3. The molecule has 2 heterocycles. The molecule has 2 aromatic rings. The van der Waals surface area contributed by atoms with Crippen molar-refractivity contribution in [2.45, 2.75) is 13.0 Å². The van der Waals surface area contributed by atoms with E-state index in [9.17, 15) is 0 Å². The summed E-state index contributed by atoms with van der Waals surface area (Å²) < 4.78 is 17.3. The molecule has 1 aliphatic rings. The monoisotopic (exact) mass is 357 g/mol. The molecule has 0 radical (unpaired) electrons. The summed E-state index contributed by atoms with van der Waals surface area (Å²) in [7, 11) is 0. The van der Waals surface area contributed by atoms with E-state index in [-0.39, 0.29) is 6.04 Å². The second-order valence-corrected chi connectivity index (χ2v) is 5.67. The zero-order chi connectivity index (χ0) is 14.1. The predicted molar refractivity (Wildman–Crippen MR) is 80.9 cm³/mol. The fourth-order valence-electron chi connectivity index (χ4n) is 2.04. The zero-order valence-electron chi connectivity index (χ0n) is 10.8. The van der Waals surface area contributed by atoms with Crippen molar-refractivity contribution in [3.63, 3.8) is 0 Å². The van der Waals surface area contributed by atoms with Crippen molar-refractivity contribution in [1.29, 1.82) is 0 Å². The average molecular weight is 359 g/mol. The number of halogens is 2. The van der Waals surface area contributed by atoms with E-state index in [1.807, 2.05) is 25.1 Å². The number of hydrogen-bond donors (Lipinski definition) is 1. The Hall–Kier alpha value is -1.33. The first-order chi connectivity index (χ1) is 9.63. The third kappa shape index (κ3) is 2.74. The molecule has 1 aromatic carbocycles. The van der Waals surface area contributed by atoms with E-state index >= 15 is 0 Å². The molecule has 0 fully saturated rings. The van der Waals surface area contributed by atoms with Gasteiger partial charge in [-0.2, -0.15) is 0 Å². The molecule has 0 saturated heterocycles. The third-order valence-corrected chi connectivity index (χ3v) is 3.76. The minimum absolute atomic E-state index is 0.0126. The molecule has 4 nitrogen and oxygen atoms in total. The highest BCUT2D eigenvalue weighted by molar-refractivity contribution is 9.10. The van der Waals surface area contributed by atoms with Crippen LogP contribution in [0.1, 0.15) is 18.7 Å². The van der Waals surface area contributed by atoms with Crippen molar-refractivity contribution in [1.82, 2.24) is 0 Å². The largest absolute Gasteiger partial charge is 0.486 e. The molecule has 3 rings (SSSR count). The van der Waals surface area contributed by atoms with Gasteiger partial charge in [0.2, 0.25) is 0 Å². The normalized spacial score (nSPS) is 14.9. The molecule has 1 aromatic heterocycles. The predicted octanol–water partition coefficient (Wildman–Crippen LogP) is 4.64.